The van der Waals surface area contributed by atoms with Crippen molar-refractivity contribution < 1.29 is 4.79 Å². The third kappa shape index (κ3) is 2.90. The van der Waals surface area contributed by atoms with Crippen LogP contribution >= 0.6 is 0 Å². The summed E-state index contributed by atoms with van der Waals surface area (Å²) >= 11 is 0. The van der Waals surface area contributed by atoms with E-state index >= 15 is 0 Å². The van der Waals surface area contributed by atoms with Crippen LogP contribution in [0, 0.1) is 6.92 Å². The summed E-state index contributed by atoms with van der Waals surface area (Å²) in [4.78, 5) is 12.1. The molecule has 4 heteroatoms. The molecular weight excluding hydrogens is 262 g/mol. The van der Waals surface area contributed by atoms with Gasteiger partial charge in [0.15, 0.2) is 0 Å². The summed E-state index contributed by atoms with van der Waals surface area (Å²) in [5.41, 5.74) is 10.4. The normalized spacial score (nSPS) is 19.9. The van der Waals surface area contributed by atoms with Crippen molar-refractivity contribution in [2.75, 3.05) is 5.32 Å². The Kier molecular flexibility index (Phi) is 3.62. The lowest BCUT2D eigenvalue weighted by Gasteiger charge is -2.19. The van der Waals surface area contributed by atoms with Crippen LogP contribution in [0.5, 0.6) is 0 Å². The van der Waals surface area contributed by atoms with E-state index in [-0.39, 0.29) is 18.1 Å². The van der Waals surface area contributed by atoms with Gasteiger partial charge in [0.05, 0.1) is 6.04 Å². The maximum atomic E-state index is 12.1. The first-order valence-electron chi connectivity index (χ1n) is 7.11. The van der Waals surface area contributed by atoms with E-state index in [1.165, 1.54) is 5.56 Å². The molecule has 0 aliphatic heterocycles. The van der Waals surface area contributed by atoms with Crippen molar-refractivity contribution in [3.63, 3.8) is 0 Å². The second-order valence-corrected chi connectivity index (χ2v) is 5.51. The Hall–Kier alpha value is -2.33. The number of hydrogen-bond donors (Lipinski definition) is 3. The number of benzene rings is 2. The van der Waals surface area contributed by atoms with Crippen molar-refractivity contribution in [2.24, 2.45) is 5.73 Å². The quantitative estimate of drug-likeness (QED) is 0.792. The van der Waals surface area contributed by atoms with Crippen LogP contribution in [0.15, 0.2) is 48.5 Å². The molecule has 0 fully saturated rings. The molecule has 0 spiro atoms. The van der Waals surface area contributed by atoms with Gasteiger partial charge in [0.25, 0.3) is 0 Å². The molecule has 2 amide bonds. The van der Waals surface area contributed by atoms with Crippen molar-refractivity contribution in [2.45, 2.75) is 25.4 Å². The molecule has 2 aromatic carbocycles. The van der Waals surface area contributed by atoms with Crippen molar-refractivity contribution in [3.8, 4) is 0 Å². The van der Waals surface area contributed by atoms with E-state index < -0.39 is 0 Å². The average molecular weight is 281 g/mol. The number of fused-ring (bicyclic) bond motifs is 1. The number of rotatable bonds is 2. The minimum absolute atomic E-state index is 0.0776. The highest BCUT2D eigenvalue weighted by atomic mass is 16.2. The van der Waals surface area contributed by atoms with Gasteiger partial charge in [0.1, 0.15) is 0 Å². The summed E-state index contributed by atoms with van der Waals surface area (Å²) in [5, 5.41) is 5.81. The van der Waals surface area contributed by atoms with Crippen molar-refractivity contribution >= 4 is 11.7 Å². The number of carbonyl (C=O) groups excluding carboxylic acids is 1. The first-order chi connectivity index (χ1) is 10.1. The Morgan fingerprint density at radius 2 is 1.86 bits per heavy atom. The molecule has 3 rings (SSSR count). The molecule has 0 heterocycles. The third-order valence-electron chi connectivity index (χ3n) is 3.87. The standard InChI is InChI=1S/C17H19N3O/c1-11-6-8-13(9-7-11)19-17(21)20-16-14-5-3-2-4-12(14)10-15(16)18/h2-9,15-16H,10,18H2,1H3,(H2,19,20,21). The summed E-state index contributed by atoms with van der Waals surface area (Å²) < 4.78 is 0. The first kappa shape index (κ1) is 13.6. The lowest BCUT2D eigenvalue weighted by Crippen LogP contribution is -2.40. The Morgan fingerprint density at radius 3 is 2.62 bits per heavy atom. The van der Waals surface area contributed by atoms with Crippen LogP contribution in [0.3, 0.4) is 0 Å². The lowest BCUT2D eigenvalue weighted by atomic mass is 10.1. The fraction of sp³-hybridized carbons (Fsp3) is 0.235. The number of hydrogen-bond acceptors (Lipinski definition) is 2. The molecule has 21 heavy (non-hydrogen) atoms. The molecule has 2 unspecified atom stereocenters. The molecule has 0 radical (unpaired) electrons. The average Bonchev–Trinajstić information content (AvgIpc) is 2.78. The van der Waals surface area contributed by atoms with Crippen molar-refractivity contribution in [1.82, 2.24) is 5.32 Å². The molecule has 1 aliphatic carbocycles. The highest BCUT2D eigenvalue weighted by Crippen LogP contribution is 2.30. The van der Waals surface area contributed by atoms with Gasteiger partial charge < -0.3 is 16.4 Å². The Bertz CT molecular complexity index is 651. The minimum Gasteiger partial charge on any atom is -0.329 e. The van der Waals surface area contributed by atoms with Gasteiger partial charge in [-0.3, -0.25) is 0 Å². The van der Waals surface area contributed by atoms with Crippen molar-refractivity contribution in [3.05, 3.63) is 65.2 Å². The Labute approximate surface area is 124 Å². The molecule has 0 aromatic heterocycles. The molecule has 0 bridgehead atoms. The molecule has 1 aliphatic rings. The molecule has 4 N–H and O–H groups in total. The molecule has 2 aromatic rings. The topological polar surface area (TPSA) is 67.2 Å². The van der Waals surface area contributed by atoms with Gasteiger partial charge in [-0.05, 0) is 36.6 Å². The monoisotopic (exact) mass is 281 g/mol. The molecule has 4 nitrogen and oxygen atoms in total. The highest BCUT2D eigenvalue weighted by Gasteiger charge is 2.30. The van der Waals surface area contributed by atoms with E-state index in [1.54, 1.807) is 0 Å². The SMILES string of the molecule is Cc1ccc(NC(=O)NC2c3ccccc3CC2N)cc1. The largest absolute Gasteiger partial charge is 0.329 e. The summed E-state index contributed by atoms with van der Waals surface area (Å²) in [5.74, 6) is 0. The van der Waals surface area contributed by atoms with Gasteiger partial charge in [-0.25, -0.2) is 4.79 Å². The minimum atomic E-state index is -0.226. The number of carbonyl (C=O) groups is 1. The number of nitrogens with two attached hydrogens (primary N) is 1. The summed E-state index contributed by atoms with van der Waals surface area (Å²) in [7, 11) is 0. The van der Waals surface area contributed by atoms with E-state index in [0.717, 1.165) is 23.2 Å². The smallest absolute Gasteiger partial charge is 0.319 e. The van der Waals surface area contributed by atoms with E-state index in [1.807, 2.05) is 49.4 Å². The summed E-state index contributed by atoms with van der Waals surface area (Å²) in [6.45, 7) is 2.01. The van der Waals surface area contributed by atoms with E-state index in [9.17, 15) is 4.79 Å². The van der Waals surface area contributed by atoms with Crippen LogP contribution in [0.25, 0.3) is 0 Å². The predicted octanol–water partition coefficient (Wildman–Crippen LogP) is 2.74. The molecular formula is C17H19N3O. The zero-order chi connectivity index (χ0) is 14.8. The zero-order valence-corrected chi connectivity index (χ0v) is 12.0. The molecule has 0 saturated heterocycles. The second kappa shape index (κ2) is 5.58. The van der Waals surface area contributed by atoms with Crippen LogP contribution in [0.2, 0.25) is 0 Å². The maximum absolute atomic E-state index is 12.1. The molecule has 2 atom stereocenters. The summed E-state index contributed by atoms with van der Waals surface area (Å²) in [6, 6.07) is 15.3. The predicted molar refractivity (Wildman–Crippen MR) is 84.2 cm³/mol. The summed E-state index contributed by atoms with van der Waals surface area (Å²) in [6.07, 6.45) is 0.797. The van der Waals surface area contributed by atoms with Crippen LogP contribution in [0.1, 0.15) is 22.7 Å². The van der Waals surface area contributed by atoms with Gasteiger partial charge in [0.2, 0.25) is 0 Å². The van der Waals surface area contributed by atoms with E-state index in [0.29, 0.717) is 0 Å². The van der Waals surface area contributed by atoms with Crippen LogP contribution in [-0.4, -0.2) is 12.1 Å². The van der Waals surface area contributed by atoms with Crippen LogP contribution in [-0.2, 0) is 6.42 Å². The van der Waals surface area contributed by atoms with E-state index in [4.69, 9.17) is 5.73 Å². The fourth-order valence-electron chi connectivity index (χ4n) is 2.76. The molecule has 0 saturated carbocycles. The third-order valence-corrected chi connectivity index (χ3v) is 3.87. The fourth-order valence-corrected chi connectivity index (χ4v) is 2.76. The number of urea groups is 1. The van der Waals surface area contributed by atoms with Crippen molar-refractivity contribution in [1.29, 1.82) is 0 Å². The molecule has 108 valence electrons. The van der Waals surface area contributed by atoms with Gasteiger partial charge in [-0.15, -0.1) is 0 Å². The Morgan fingerprint density at radius 1 is 1.14 bits per heavy atom. The first-order valence-corrected chi connectivity index (χ1v) is 7.11. The van der Waals surface area contributed by atoms with Gasteiger partial charge in [-0.2, -0.15) is 0 Å². The number of anilines is 1. The number of aryl methyl sites for hydroxylation is 1. The van der Waals surface area contributed by atoms with Gasteiger partial charge in [0, 0.05) is 11.7 Å². The lowest BCUT2D eigenvalue weighted by molar-refractivity contribution is 0.247. The highest BCUT2D eigenvalue weighted by molar-refractivity contribution is 5.89. The van der Waals surface area contributed by atoms with Crippen LogP contribution in [0.4, 0.5) is 10.5 Å². The van der Waals surface area contributed by atoms with E-state index in [2.05, 4.69) is 16.7 Å². The second-order valence-electron chi connectivity index (χ2n) is 5.51. The van der Waals surface area contributed by atoms with Gasteiger partial charge in [-0.1, -0.05) is 42.0 Å². The number of amides is 2. The van der Waals surface area contributed by atoms with Crippen LogP contribution < -0.4 is 16.4 Å². The number of nitrogens with one attached hydrogen (secondary N) is 2. The van der Waals surface area contributed by atoms with Gasteiger partial charge >= 0.3 is 6.03 Å². The maximum Gasteiger partial charge on any atom is 0.319 e. The zero-order valence-electron chi connectivity index (χ0n) is 12.0. The Balaban J connectivity index is 1.69.